The van der Waals surface area contributed by atoms with Crippen molar-refractivity contribution in [2.45, 2.75) is 19.9 Å². The first kappa shape index (κ1) is 23.3. The highest BCUT2D eigenvalue weighted by atomic mass is 32.1. The van der Waals surface area contributed by atoms with Gasteiger partial charge < -0.3 is 9.47 Å². The molecule has 34 heavy (non-hydrogen) atoms. The number of fused-ring (bicyclic) bond motifs is 1. The summed E-state index contributed by atoms with van der Waals surface area (Å²) in [4.78, 5) is 43.1. The largest absolute Gasteiger partial charge is 0.465 e. The summed E-state index contributed by atoms with van der Waals surface area (Å²) in [5.74, 6) is -1.54. The molecule has 0 radical (unpaired) electrons. The normalized spacial score (nSPS) is 15.5. The summed E-state index contributed by atoms with van der Waals surface area (Å²) >= 11 is 1.11. The first-order chi connectivity index (χ1) is 16.3. The van der Waals surface area contributed by atoms with Crippen LogP contribution in [0.25, 0.3) is 6.08 Å². The maximum absolute atomic E-state index is 14.2. The average Bonchev–Trinajstić information content (AvgIpc) is 3.13. The van der Waals surface area contributed by atoms with Gasteiger partial charge in [-0.15, -0.1) is 0 Å². The number of esters is 2. The van der Waals surface area contributed by atoms with Gasteiger partial charge in [-0.25, -0.2) is 19.0 Å². The van der Waals surface area contributed by atoms with Gasteiger partial charge in [-0.2, -0.15) is 0 Å². The molecule has 0 N–H and O–H groups in total. The second kappa shape index (κ2) is 9.56. The predicted octanol–water partition coefficient (Wildman–Crippen LogP) is 2.72. The lowest BCUT2D eigenvalue weighted by molar-refractivity contribution is -0.139. The minimum absolute atomic E-state index is 0.154. The van der Waals surface area contributed by atoms with Crippen molar-refractivity contribution in [3.8, 4) is 0 Å². The topological polar surface area (TPSA) is 87.0 Å². The fraction of sp³-hybridized carbons (Fsp3) is 0.200. The van der Waals surface area contributed by atoms with E-state index in [0.717, 1.165) is 11.3 Å². The van der Waals surface area contributed by atoms with Gasteiger partial charge >= 0.3 is 11.9 Å². The summed E-state index contributed by atoms with van der Waals surface area (Å²) in [6.07, 6.45) is 1.47. The zero-order chi connectivity index (χ0) is 24.4. The minimum atomic E-state index is -0.829. The van der Waals surface area contributed by atoms with E-state index < -0.39 is 29.4 Å². The van der Waals surface area contributed by atoms with Crippen LogP contribution in [0.3, 0.4) is 0 Å². The Kier molecular flexibility index (Phi) is 6.56. The van der Waals surface area contributed by atoms with Gasteiger partial charge in [0.15, 0.2) is 4.80 Å². The van der Waals surface area contributed by atoms with E-state index in [1.807, 2.05) is 0 Å². The SMILES string of the molecule is CCOC(=O)C1=C(C)N=c2s/c(=C\c3ccccc3F)c(=O)n2[C@H]1c1ccc(C(=O)OC)cc1. The van der Waals surface area contributed by atoms with Crippen molar-refractivity contribution in [1.29, 1.82) is 0 Å². The number of halogens is 1. The molecule has 3 aromatic rings. The number of allylic oxidation sites excluding steroid dienone is 1. The fourth-order valence-electron chi connectivity index (χ4n) is 3.76. The zero-order valence-corrected chi connectivity index (χ0v) is 19.5. The summed E-state index contributed by atoms with van der Waals surface area (Å²) in [6, 6.07) is 11.8. The Hall–Kier alpha value is -3.85. The fourth-order valence-corrected chi connectivity index (χ4v) is 4.80. The summed E-state index contributed by atoms with van der Waals surface area (Å²) < 4.78 is 25.9. The van der Waals surface area contributed by atoms with E-state index in [9.17, 15) is 18.8 Å². The Labute approximate surface area is 198 Å². The van der Waals surface area contributed by atoms with Crippen molar-refractivity contribution in [3.05, 3.63) is 102 Å². The van der Waals surface area contributed by atoms with Crippen molar-refractivity contribution in [2.24, 2.45) is 4.99 Å². The van der Waals surface area contributed by atoms with Crippen LogP contribution >= 0.6 is 11.3 Å². The second-order valence-electron chi connectivity index (χ2n) is 7.44. The minimum Gasteiger partial charge on any atom is -0.465 e. The van der Waals surface area contributed by atoms with Crippen LogP contribution in [0.2, 0.25) is 0 Å². The number of methoxy groups -OCH3 is 1. The molecule has 2 heterocycles. The molecule has 1 aromatic heterocycles. The summed E-state index contributed by atoms with van der Waals surface area (Å²) in [5, 5.41) is 0. The molecule has 1 aliphatic rings. The lowest BCUT2D eigenvalue weighted by Gasteiger charge is -2.24. The number of hydrogen-bond donors (Lipinski definition) is 0. The Morgan fingerprint density at radius 1 is 1.15 bits per heavy atom. The van der Waals surface area contributed by atoms with Gasteiger partial charge in [0.1, 0.15) is 5.82 Å². The zero-order valence-electron chi connectivity index (χ0n) is 18.7. The summed E-state index contributed by atoms with van der Waals surface area (Å²) in [6.45, 7) is 3.52. The summed E-state index contributed by atoms with van der Waals surface area (Å²) in [5.41, 5.74) is 1.41. The van der Waals surface area contributed by atoms with E-state index in [0.29, 0.717) is 21.6 Å². The van der Waals surface area contributed by atoms with Crippen LogP contribution in [-0.2, 0) is 14.3 Å². The number of thiazole rings is 1. The quantitative estimate of drug-likeness (QED) is 0.524. The van der Waals surface area contributed by atoms with E-state index in [4.69, 9.17) is 9.47 Å². The molecule has 1 atom stereocenters. The number of hydrogen-bond acceptors (Lipinski definition) is 7. The number of ether oxygens (including phenoxy) is 2. The molecular formula is C25H21FN2O5S. The molecule has 0 amide bonds. The first-order valence-corrected chi connectivity index (χ1v) is 11.3. The number of carbonyl (C=O) groups excluding carboxylic acids is 2. The molecule has 0 unspecified atom stereocenters. The number of carbonyl (C=O) groups is 2. The van der Waals surface area contributed by atoms with Crippen LogP contribution < -0.4 is 14.9 Å². The maximum Gasteiger partial charge on any atom is 0.338 e. The molecule has 0 saturated heterocycles. The number of rotatable bonds is 5. The highest BCUT2D eigenvalue weighted by Gasteiger charge is 2.33. The molecule has 0 fully saturated rings. The monoisotopic (exact) mass is 480 g/mol. The third-order valence-corrected chi connectivity index (χ3v) is 6.34. The molecule has 4 rings (SSSR count). The molecule has 0 bridgehead atoms. The van der Waals surface area contributed by atoms with Gasteiger partial charge in [-0.05, 0) is 43.7 Å². The molecule has 9 heteroatoms. The van der Waals surface area contributed by atoms with E-state index in [2.05, 4.69) is 4.99 Å². The van der Waals surface area contributed by atoms with Crippen LogP contribution in [0, 0.1) is 5.82 Å². The Morgan fingerprint density at radius 3 is 2.50 bits per heavy atom. The molecule has 174 valence electrons. The van der Waals surface area contributed by atoms with Crippen molar-refractivity contribution in [2.75, 3.05) is 13.7 Å². The number of benzene rings is 2. The van der Waals surface area contributed by atoms with Crippen LogP contribution in [-0.4, -0.2) is 30.2 Å². The van der Waals surface area contributed by atoms with Gasteiger partial charge in [0, 0.05) is 5.56 Å². The van der Waals surface area contributed by atoms with E-state index >= 15 is 0 Å². The highest BCUT2D eigenvalue weighted by Crippen LogP contribution is 2.31. The lowest BCUT2D eigenvalue weighted by atomic mass is 9.95. The van der Waals surface area contributed by atoms with Gasteiger partial charge in [0.25, 0.3) is 5.56 Å². The van der Waals surface area contributed by atoms with Crippen molar-refractivity contribution < 1.29 is 23.5 Å². The van der Waals surface area contributed by atoms with Gasteiger partial charge in [0.2, 0.25) is 0 Å². The van der Waals surface area contributed by atoms with Crippen LogP contribution in [0.1, 0.15) is 41.4 Å². The van der Waals surface area contributed by atoms with E-state index in [-0.39, 0.29) is 22.3 Å². The maximum atomic E-state index is 14.2. The standard InChI is InChI=1S/C25H21FN2O5S/c1-4-33-24(31)20-14(2)27-25-28(21(20)15-9-11-16(12-10-15)23(30)32-3)22(29)19(34-25)13-17-7-5-6-8-18(17)26/h5-13,21H,4H2,1-3H3/b19-13-/t21-/m0/s1. The smallest absolute Gasteiger partial charge is 0.338 e. The molecular weight excluding hydrogens is 459 g/mol. The Balaban J connectivity index is 1.94. The molecule has 0 spiro atoms. The van der Waals surface area contributed by atoms with E-state index in [1.165, 1.54) is 23.8 Å². The average molecular weight is 481 g/mol. The lowest BCUT2D eigenvalue weighted by Crippen LogP contribution is -2.40. The molecule has 0 aliphatic carbocycles. The second-order valence-corrected chi connectivity index (χ2v) is 8.45. The third kappa shape index (κ3) is 4.22. The number of nitrogens with zero attached hydrogens (tertiary/aromatic N) is 2. The van der Waals surface area contributed by atoms with Gasteiger partial charge in [0.05, 0.1) is 41.1 Å². The Morgan fingerprint density at radius 2 is 1.85 bits per heavy atom. The van der Waals surface area contributed by atoms with Crippen molar-refractivity contribution in [3.63, 3.8) is 0 Å². The number of aromatic nitrogens is 1. The third-order valence-electron chi connectivity index (χ3n) is 5.36. The first-order valence-electron chi connectivity index (χ1n) is 10.5. The van der Waals surface area contributed by atoms with Crippen LogP contribution in [0.5, 0.6) is 0 Å². The Bertz CT molecular complexity index is 1480. The molecule has 2 aromatic carbocycles. The van der Waals surface area contributed by atoms with Crippen molar-refractivity contribution >= 4 is 29.4 Å². The van der Waals surface area contributed by atoms with Crippen molar-refractivity contribution in [1.82, 2.24) is 4.57 Å². The van der Waals surface area contributed by atoms with Crippen LogP contribution in [0.15, 0.2) is 69.6 Å². The summed E-state index contributed by atoms with van der Waals surface area (Å²) in [7, 11) is 1.29. The highest BCUT2D eigenvalue weighted by molar-refractivity contribution is 7.07. The molecule has 7 nitrogen and oxygen atoms in total. The molecule has 0 saturated carbocycles. The molecule has 1 aliphatic heterocycles. The van der Waals surface area contributed by atoms with Gasteiger partial charge in [-0.3, -0.25) is 9.36 Å². The van der Waals surface area contributed by atoms with E-state index in [1.54, 1.807) is 56.3 Å². The van der Waals surface area contributed by atoms with Gasteiger partial charge in [-0.1, -0.05) is 41.7 Å². The predicted molar refractivity (Wildman–Crippen MR) is 125 cm³/mol. The van der Waals surface area contributed by atoms with Crippen LogP contribution in [0.4, 0.5) is 4.39 Å².